The van der Waals surface area contributed by atoms with Crippen LogP contribution in [0.1, 0.15) is 19.0 Å². The minimum absolute atomic E-state index is 0.542. The standard InChI is InChI=1S/C12H16N4/c1-3-6-16-9(2)11(8-15-16)10-4-5-14-12(13)7-10/h4-5,7-8H,3,6H2,1-2H3,(H2,13,14). The molecule has 0 unspecified atom stereocenters. The number of rotatable bonds is 3. The maximum absolute atomic E-state index is 5.67. The Bertz CT molecular complexity index is 488. The fourth-order valence-electron chi connectivity index (χ4n) is 1.78. The van der Waals surface area contributed by atoms with Gasteiger partial charge in [-0.15, -0.1) is 0 Å². The highest BCUT2D eigenvalue weighted by atomic mass is 15.3. The van der Waals surface area contributed by atoms with Crippen molar-refractivity contribution in [3.05, 3.63) is 30.2 Å². The molecule has 4 heteroatoms. The smallest absolute Gasteiger partial charge is 0.123 e. The number of nitrogen functional groups attached to an aromatic ring is 1. The van der Waals surface area contributed by atoms with Crippen LogP contribution in [-0.2, 0) is 6.54 Å². The molecule has 2 N–H and O–H groups in total. The zero-order chi connectivity index (χ0) is 11.5. The largest absolute Gasteiger partial charge is 0.384 e. The number of hydrogen-bond acceptors (Lipinski definition) is 3. The van der Waals surface area contributed by atoms with Gasteiger partial charge in [0.1, 0.15) is 5.82 Å². The Hall–Kier alpha value is -1.84. The van der Waals surface area contributed by atoms with E-state index in [1.54, 1.807) is 6.20 Å². The molecule has 2 aromatic heterocycles. The van der Waals surface area contributed by atoms with Crippen molar-refractivity contribution in [1.82, 2.24) is 14.8 Å². The highest BCUT2D eigenvalue weighted by molar-refractivity contribution is 5.67. The number of nitrogens with two attached hydrogens (primary N) is 1. The molecule has 84 valence electrons. The predicted octanol–water partition coefficient (Wildman–Crippen LogP) is 2.25. The molecule has 0 bridgehead atoms. The topological polar surface area (TPSA) is 56.7 Å². The van der Waals surface area contributed by atoms with E-state index in [-0.39, 0.29) is 0 Å². The number of anilines is 1. The summed E-state index contributed by atoms with van der Waals surface area (Å²) in [5.41, 5.74) is 9.05. The van der Waals surface area contributed by atoms with Gasteiger partial charge in [-0.3, -0.25) is 4.68 Å². The van der Waals surface area contributed by atoms with Crippen LogP contribution in [-0.4, -0.2) is 14.8 Å². The third kappa shape index (κ3) is 1.91. The highest BCUT2D eigenvalue weighted by Gasteiger charge is 2.08. The second kappa shape index (κ2) is 4.35. The Morgan fingerprint density at radius 1 is 1.44 bits per heavy atom. The molecule has 2 heterocycles. The van der Waals surface area contributed by atoms with Crippen molar-refractivity contribution in [3.63, 3.8) is 0 Å². The molecular weight excluding hydrogens is 200 g/mol. The van der Waals surface area contributed by atoms with Crippen molar-refractivity contribution < 1.29 is 0 Å². The maximum Gasteiger partial charge on any atom is 0.123 e. The van der Waals surface area contributed by atoms with Crippen molar-refractivity contribution >= 4 is 5.82 Å². The first kappa shape index (κ1) is 10.7. The predicted molar refractivity (Wildman–Crippen MR) is 64.9 cm³/mol. The zero-order valence-corrected chi connectivity index (χ0v) is 9.64. The van der Waals surface area contributed by atoms with Gasteiger partial charge in [-0.2, -0.15) is 5.10 Å². The second-order valence-electron chi connectivity index (χ2n) is 3.84. The molecule has 0 aliphatic carbocycles. The molecule has 4 nitrogen and oxygen atoms in total. The maximum atomic E-state index is 5.67. The highest BCUT2D eigenvalue weighted by Crippen LogP contribution is 2.23. The summed E-state index contributed by atoms with van der Waals surface area (Å²) in [7, 11) is 0. The number of pyridine rings is 1. The summed E-state index contributed by atoms with van der Waals surface area (Å²) in [6, 6.07) is 3.83. The molecule has 2 rings (SSSR count). The molecule has 0 spiro atoms. The third-order valence-corrected chi connectivity index (χ3v) is 2.63. The van der Waals surface area contributed by atoms with Crippen LogP contribution in [0.4, 0.5) is 5.82 Å². The molecule has 0 atom stereocenters. The molecule has 0 saturated heterocycles. The van der Waals surface area contributed by atoms with Crippen LogP contribution in [0.25, 0.3) is 11.1 Å². The molecule has 0 saturated carbocycles. The van der Waals surface area contributed by atoms with Gasteiger partial charge in [0.15, 0.2) is 0 Å². The lowest BCUT2D eigenvalue weighted by Gasteiger charge is -2.04. The van der Waals surface area contributed by atoms with Gasteiger partial charge in [0.2, 0.25) is 0 Å². The fraction of sp³-hybridized carbons (Fsp3) is 0.333. The molecular formula is C12H16N4. The zero-order valence-electron chi connectivity index (χ0n) is 9.64. The quantitative estimate of drug-likeness (QED) is 0.856. The number of aryl methyl sites for hydroxylation is 1. The Labute approximate surface area is 95.1 Å². The van der Waals surface area contributed by atoms with E-state index in [1.807, 2.05) is 23.0 Å². The normalized spacial score (nSPS) is 10.6. The summed E-state index contributed by atoms with van der Waals surface area (Å²) in [4.78, 5) is 3.99. The molecule has 0 fully saturated rings. The Balaban J connectivity index is 2.41. The Morgan fingerprint density at radius 2 is 2.25 bits per heavy atom. The Morgan fingerprint density at radius 3 is 2.94 bits per heavy atom. The van der Waals surface area contributed by atoms with E-state index < -0.39 is 0 Å². The van der Waals surface area contributed by atoms with Crippen molar-refractivity contribution in [2.45, 2.75) is 26.8 Å². The van der Waals surface area contributed by atoms with Gasteiger partial charge >= 0.3 is 0 Å². The second-order valence-corrected chi connectivity index (χ2v) is 3.84. The summed E-state index contributed by atoms with van der Waals surface area (Å²) in [6.45, 7) is 5.17. The first-order chi connectivity index (χ1) is 7.72. The van der Waals surface area contributed by atoms with E-state index in [2.05, 4.69) is 23.9 Å². The van der Waals surface area contributed by atoms with Gasteiger partial charge in [0, 0.05) is 24.0 Å². The first-order valence-corrected chi connectivity index (χ1v) is 5.46. The average molecular weight is 216 g/mol. The van der Waals surface area contributed by atoms with E-state index in [0.29, 0.717) is 5.82 Å². The summed E-state index contributed by atoms with van der Waals surface area (Å²) in [5, 5.41) is 4.37. The number of hydrogen-bond donors (Lipinski definition) is 1. The molecule has 0 radical (unpaired) electrons. The van der Waals surface area contributed by atoms with Gasteiger partial charge in [-0.25, -0.2) is 4.98 Å². The van der Waals surface area contributed by atoms with E-state index in [0.717, 1.165) is 24.1 Å². The molecule has 0 aromatic carbocycles. The van der Waals surface area contributed by atoms with Gasteiger partial charge in [-0.05, 0) is 31.0 Å². The van der Waals surface area contributed by atoms with Crippen molar-refractivity contribution in [2.24, 2.45) is 0 Å². The molecule has 2 aromatic rings. The summed E-state index contributed by atoms with van der Waals surface area (Å²) < 4.78 is 2.02. The van der Waals surface area contributed by atoms with Gasteiger partial charge in [-0.1, -0.05) is 6.92 Å². The molecule has 0 aliphatic heterocycles. The van der Waals surface area contributed by atoms with E-state index in [4.69, 9.17) is 5.73 Å². The monoisotopic (exact) mass is 216 g/mol. The minimum Gasteiger partial charge on any atom is -0.384 e. The summed E-state index contributed by atoms with van der Waals surface area (Å²) in [5.74, 6) is 0.542. The van der Waals surface area contributed by atoms with Crippen LogP contribution in [0.2, 0.25) is 0 Å². The van der Waals surface area contributed by atoms with Crippen LogP contribution in [0.3, 0.4) is 0 Å². The average Bonchev–Trinajstić information content (AvgIpc) is 2.61. The van der Waals surface area contributed by atoms with Crippen LogP contribution in [0.15, 0.2) is 24.5 Å². The van der Waals surface area contributed by atoms with Crippen LogP contribution in [0.5, 0.6) is 0 Å². The number of nitrogens with zero attached hydrogens (tertiary/aromatic N) is 3. The van der Waals surface area contributed by atoms with Crippen molar-refractivity contribution in [2.75, 3.05) is 5.73 Å². The SMILES string of the molecule is CCCn1ncc(-c2ccnc(N)c2)c1C. The van der Waals surface area contributed by atoms with Crippen molar-refractivity contribution in [1.29, 1.82) is 0 Å². The van der Waals surface area contributed by atoms with Gasteiger partial charge in [0.05, 0.1) is 6.20 Å². The van der Waals surface area contributed by atoms with Gasteiger partial charge in [0.25, 0.3) is 0 Å². The Kier molecular flexibility index (Phi) is 2.90. The van der Waals surface area contributed by atoms with E-state index >= 15 is 0 Å². The molecule has 0 aliphatic rings. The van der Waals surface area contributed by atoms with Crippen LogP contribution in [0, 0.1) is 6.92 Å². The minimum atomic E-state index is 0.542. The molecule has 16 heavy (non-hydrogen) atoms. The third-order valence-electron chi connectivity index (χ3n) is 2.63. The van der Waals surface area contributed by atoms with E-state index in [1.165, 1.54) is 5.69 Å². The fourth-order valence-corrected chi connectivity index (χ4v) is 1.78. The summed E-state index contributed by atoms with van der Waals surface area (Å²) in [6.07, 6.45) is 4.70. The molecule has 0 amide bonds. The number of aromatic nitrogens is 3. The summed E-state index contributed by atoms with van der Waals surface area (Å²) >= 11 is 0. The lowest BCUT2D eigenvalue weighted by atomic mass is 10.1. The first-order valence-electron chi connectivity index (χ1n) is 5.46. The lowest BCUT2D eigenvalue weighted by Crippen LogP contribution is -2.01. The lowest BCUT2D eigenvalue weighted by molar-refractivity contribution is 0.587. The van der Waals surface area contributed by atoms with Gasteiger partial charge < -0.3 is 5.73 Å². The van der Waals surface area contributed by atoms with E-state index in [9.17, 15) is 0 Å². The van der Waals surface area contributed by atoms with Crippen LogP contribution < -0.4 is 5.73 Å². The van der Waals surface area contributed by atoms with Crippen molar-refractivity contribution in [3.8, 4) is 11.1 Å². The van der Waals surface area contributed by atoms with Crippen LogP contribution >= 0.6 is 0 Å².